The van der Waals surface area contributed by atoms with Crippen LogP contribution in [0.25, 0.3) is 0 Å². The number of rotatable bonds is 3. The highest BCUT2D eigenvalue weighted by Crippen LogP contribution is 2.12. The van der Waals surface area contributed by atoms with E-state index in [1.54, 1.807) is 6.92 Å². The summed E-state index contributed by atoms with van der Waals surface area (Å²) in [4.78, 5) is 11.2. The summed E-state index contributed by atoms with van der Waals surface area (Å²) >= 11 is 0. The van der Waals surface area contributed by atoms with E-state index in [0.29, 0.717) is 6.42 Å². The maximum absolute atomic E-state index is 12.7. The second-order valence-electron chi connectivity index (χ2n) is 3.97. The standard InChI is InChI=1S/C9H18FNO/c1-5-7(10)6-11-8(12)9(2,3)4/h7H,5-6H2,1-4H3,(H,11,12). The van der Waals surface area contributed by atoms with E-state index in [9.17, 15) is 9.18 Å². The van der Waals surface area contributed by atoms with Crippen LogP contribution >= 0.6 is 0 Å². The number of alkyl halides is 1. The van der Waals surface area contributed by atoms with Gasteiger partial charge in [0, 0.05) is 12.0 Å². The molecule has 0 radical (unpaired) electrons. The average molecular weight is 175 g/mol. The first-order valence-corrected chi connectivity index (χ1v) is 4.30. The van der Waals surface area contributed by atoms with Crippen molar-refractivity contribution in [3.05, 3.63) is 0 Å². The predicted octanol–water partition coefficient (Wildman–Crippen LogP) is 1.90. The summed E-state index contributed by atoms with van der Waals surface area (Å²) in [5.74, 6) is -0.0985. The molecule has 0 saturated heterocycles. The van der Waals surface area contributed by atoms with Gasteiger partial charge in [-0.15, -0.1) is 0 Å². The monoisotopic (exact) mass is 175 g/mol. The van der Waals surface area contributed by atoms with Crippen LogP contribution in [0.1, 0.15) is 34.1 Å². The van der Waals surface area contributed by atoms with Crippen LogP contribution in [0, 0.1) is 5.41 Å². The topological polar surface area (TPSA) is 29.1 Å². The molecule has 0 spiro atoms. The summed E-state index contributed by atoms with van der Waals surface area (Å²) in [6.45, 7) is 7.31. The molecule has 0 aliphatic heterocycles. The molecule has 1 amide bonds. The fourth-order valence-electron chi connectivity index (χ4n) is 0.613. The van der Waals surface area contributed by atoms with Crippen molar-refractivity contribution in [2.75, 3.05) is 6.54 Å². The molecule has 0 fully saturated rings. The molecule has 1 unspecified atom stereocenters. The lowest BCUT2D eigenvalue weighted by Crippen LogP contribution is -2.38. The van der Waals surface area contributed by atoms with Gasteiger partial charge in [0.05, 0.1) is 0 Å². The molecule has 1 N–H and O–H groups in total. The quantitative estimate of drug-likeness (QED) is 0.697. The largest absolute Gasteiger partial charge is 0.353 e. The third-order valence-electron chi connectivity index (χ3n) is 1.61. The van der Waals surface area contributed by atoms with Crippen LogP contribution < -0.4 is 5.32 Å². The Labute approximate surface area is 73.5 Å². The van der Waals surface area contributed by atoms with Gasteiger partial charge in [-0.2, -0.15) is 0 Å². The highest BCUT2D eigenvalue weighted by Gasteiger charge is 2.21. The van der Waals surface area contributed by atoms with Crippen molar-refractivity contribution in [2.45, 2.75) is 40.3 Å². The summed E-state index contributed by atoms with van der Waals surface area (Å²) in [6.07, 6.45) is -0.471. The Bertz CT molecular complexity index is 151. The van der Waals surface area contributed by atoms with E-state index in [4.69, 9.17) is 0 Å². The van der Waals surface area contributed by atoms with Gasteiger partial charge in [-0.05, 0) is 6.42 Å². The molecular weight excluding hydrogens is 157 g/mol. The fourth-order valence-corrected chi connectivity index (χ4v) is 0.613. The summed E-state index contributed by atoms with van der Waals surface area (Å²) in [5.41, 5.74) is -0.423. The zero-order chi connectivity index (χ0) is 9.78. The molecule has 1 atom stereocenters. The lowest BCUT2D eigenvalue weighted by Gasteiger charge is -2.18. The van der Waals surface area contributed by atoms with E-state index in [1.807, 2.05) is 20.8 Å². The van der Waals surface area contributed by atoms with Gasteiger partial charge < -0.3 is 5.32 Å². The molecule has 0 rings (SSSR count). The van der Waals surface area contributed by atoms with Crippen molar-refractivity contribution < 1.29 is 9.18 Å². The lowest BCUT2D eigenvalue weighted by atomic mass is 9.96. The predicted molar refractivity (Wildman–Crippen MR) is 47.7 cm³/mol. The van der Waals surface area contributed by atoms with Crippen LogP contribution in [0.5, 0.6) is 0 Å². The normalized spacial score (nSPS) is 14.1. The van der Waals surface area contributed by atoms with E-state index < -0.39 is 11.6 Å². The lowest BCUT2D eigenvalue weighted by molar-refractivity contribution is -0.128. The van der Waals surface area contributed by atoms with Gasteiger partial charge in [-0.25, -0.2) is 4.39 Å². The maximum Gasteiger partial charge on any atom is 0.225 e. The summed E-state index contributed by atoms with van der Waals surface area (Å²) in [7, 11) is 0. The molecular formula is C9H18FNO. The first kappa shape index (κ1) is 11.4. The van der Waals surface area contributed by atoms with Crippen LogP contribution in [0.2, 0.25) is 0 Å². The highest BCUT2D eigenvalue weighted by molar-refractivity contribution is 5.81. The van der Waals surface area contributed by atoms with Crippen molar-refractivity contribution in [3.63, 3.8) is 0 Å². The molecule has 0 heterocycles. The number of carbonyl (C=O) groups is 1. The molecule has 0 saturated carbocycles. The molecule has 0 aliphatic rings. The molecule has 72 valence electrons. The van der Waals surface area contributed by atoms with E-state index in [2.05, 4.69) is 5.32 Å². The number of amides is 1. The van der Waals surface area contributed by atoms with Gasteiger partial charge in [0.15, 0.2) is 0 Å². The molecule has 0 aromatic heterocycles. The number of carbonyl (C=O) groups excluding carboxylic acids is 1. The number of halogens is 1. The third-order valence-corrected chi connectivity index (χ3v) is 1.61. The number of hydrogen-bond acceptors (Lipinski definition) is 1. The van der Waals surface area contributed by atoms with Crippen LogP contribution in [-0.4, -0.2) is 18.6 Å². The zero-order valence-electron chi connectivity index (χ0n) is 8.28. The smallest absolute Gasteiger partial charge is 0.225 e. The second kappa shape index (κ2) is 4.43. The number of hydrogen-bond donors (Lipinski definition) is 1. The maximum atomic E-state index is 12.7. The molecule has 0 bridgehead atoms. The molecule has 3 heteroatoms. The summed E-state index contributed by atoms with van der Waals surface area (Å²) < 4.78 is 12.7. The Morgan fingerprint density at radius 1 is 1.50 bits per heavy atom. The average Bonchev–Trinajstić information content (AvgIpc) is 1.97. The van der Waals surface area contributed by atoms with Gasteiger partial charge in [-0.3, -0.25) is 4.79 Å². The minimum atomic E-state index is -0.920. The summed E-state index contributed by atoms with van der Waals surface area (Å²) in [5, 5.41) is 2.56. The van der Waals surface area contributed by atoms with Crippen molar-refractivity contribution in [3.8, 4) is 0 Å². The van der Waals surface area contributed by atoms with Crippen LogP contribution in [0.15, 0.2) is 0 Å². The highest BCUT2D eigenvalue weighted by atomic mass is 19.1. The third kappa shape index (κ3) is 4.31. The van der Waals surface area contributed by atoms with Crippen molar-refractivity contribution in [1.29, 1.82) is 0 Å². The van der Waals surface area contributed by atoms with Crippen LogP contribution in [-0.2, 0) is 4.79 Å². The van der Waals surface area contributed by atoms with Gasteiger partial charge in [0.25, 0.3) is 0 Å². The fraction of sp³-hybridized carbons (Fsp3) is 0.889. The Morgan fingerprint density at radius 2 is 2.00 bits per heavy atom. The Kier molecular flexibility index (Phi) is 4.21. The van der Waals surface area contributed by atoms with E-state index in [-0.39, 0.29) is 12.5 Å². The van der Waals surface area contributed by atoms with Gasteiger partial charge in [-0.1, -0.05) is 27.7 Å². The second-order valence-corrected chi connectivity index (χ2v) is 3.97. The Balaban J connectivity index is 3.73. The van der Waals surface area contributed by atoms with Crippen molar-refractivity contribution in [1.82, 2.24) is 5.32 Å². The minimum Gasteiger partial charge on any atom is -0.353 e. The summed E-state index contributed by atoms with van der Waals surface area (Å²) in [6, 6.07) is 0. The van der Waals surface area contributed by atoms with Crippen molar-refractivity contribution in [2.24, 2.45) is 5.41 Å². The van der Waals surface area contributed by atoms with E-state index >= 15 is 0 Å². The molecule has 12 heavy (non-hydrogen) atoms. The Morgan fingerprint density at radius 3 is 2.33 bits per heavy atom. The molecule has 2 nitrogen and oxygen atoms in total. The van der Waals surface area contributed by atoms with E-state index in [0.717, 1.165) is 0 Å². The van der Waals surface area contributed by atoms with Crippen molar-refractivity contribution >= 4 is 5.91 Å². The Hall–Kier alpha value is -0.600. The first-order chi connectivity index (χ1) is 5.38. The molecule has 0 aliphatic carbocycles. The van der Waals surface area contributed by atoms with Gasteiger partial charge in [0.1, 0.15) is 6.17 Å². The number of nitrogens with one attached hydrogen (secondary N) is 1. The van der Waals surface area contributed by atoms with Crippen LogP contribution in [0.4, 0.5) is 4.39 Å². The van der Waals surface area contributed by atoms with Gasteiger partial charge in [0.2, 0.25) is 5.91 Å². The zero-order valence-corrected chi connectivity index (χ0v) is 8.28. The molecule has 0 aromatic rings. The van der Waals surface area contributed by atoms with E-state index in [1.165, 1.54) is 0 Å². The minimum absolute atomic E-state index is 0.0985. The molecule has 0 aromatic carbocycles. The SMILES string of the molecule is CCC(F)CNC(=O)C(C)(C)C. The van der Waals surface area contributed by atoms with Gasteiger partial charge >= 0.3 is 0 Å². The van der Waals surface area contributed by atoms with Crippen LogP contribution in [0.3, 0.4) is 0 Å². The first-order valence-electron chi connectivity index (χ1n) is 4.30.